The second-order valence-corrected chi connectivity index (χ2v) is 6.94. The van der Waals surface area contributed by atoms with Gasteiger partial charge >= 0.3 is 12.1 Å². The van der Waals surface area contributed by atoms with E-state index < -0.39 is 23.7 Å². The van der Waals surface area contributed by atoms with Crippen molar-refractivity contribution in [2.75, 3.05) is 11.9 Å². The summed E-state index contributed by atoms with van der Waals surface area (Å²) >= 11 is 0. The minimum Gasteiger partial charge on any atom is -0.444 e. The molecule has 0 aromatic heterocycles. The molecule has 0 saturated carbocycles. The molecular weight excluding hydrogens is 324 g/mol. The smallest absolute Gasteiger partial charge is 0.410 e. The molecule has 7 nitrogen and oxygen atoms in total. The van der Waals surface area contributed by atoms with Crippen molar-refractivity contribution in [1.29, 1.82) is 0 Å². The zero-order chi connectivity index (χ0) is 18.6. The van der Waals surface area contributed by atoms with Crippen molar-refractivity contribution >= 4 is 23.7 Å². The molecule has 1 aromatic rings. The number of nitrogens with one attached hydrogen (secondary N) is 1. The van der Waals surface area contributed by atoms with Crippen LogP contribution in [-0.4, -0.2) is 41.1 Å². The van der Waals surface area contributed by atoms with Crippen LogP contribution in [0.5, 0.6) is 5.75 Å². The molecule has 136 valence electrons. The Hall–Kier alpha value is -2.57. The monoisotopic (exact) mass is 348 g/mol. The number of ether oxygens (including phenoxy) is 2. The van der Waals surface area contributed by atoms with Crippen molar-refractivity contribution in [2.45, 2.75) is 52.2 Å². The Labute approximate surface area is 147 Å². The zero-order valence-electron chi connectivity index (χ0n) is 15.0. The van der Waals surface area contributed by atoms with Crippen molar-refractivity contribution < 1.29 is 23.9 Å². The number of benzene rings is 1. The Morgan fingerprint density at radius 3 is 2.36 bits per heavy atom. The van der Waals surface area contributed by atoms with Crippen LogP contribution >= 0.6 is 0 Å². The van der Waals surface area contributed by atoms with E-state index in [1.54, 1.807) is 45.0 Å². The van der Waals surface area contributed by atoms with Gasteiger partial charge in [-0.2, -0.15) is 0 Å². The summed E-state index contributed by atoms with van der Waals surface area (Å²) in [5.74, 6) is -0.263. The van der Waals surface area contributed by atoms with E-state index in [1.807, 2.05) is 0 Å². The first-order chi connectivity index (χ1) is 11.7. The van der Waals surface area contributed by atoms with Crippen LogP contribution in [0.2, 0.25) is 0 Å². The molecule has 0 radical (unpaired) electrons. The maximum absolute atomic E-state index is 12.5. The van der Waals surface area contributed by atoms with Gasteiger partial charge in [0.05, 0.1) is 0 Å². The lowest BCUT2D eigenvalue weighted by Crippen LogP contribution is -2.45. The van der Waals surface area contributed by atoms with Gasteiger partial charge in [-0.3, -0.25) is 14.5 Å². The number of amides is 2. The predicted octanol–water partition coefficient (Wildman–Crippen LogP) is 2.95. The topological polar surface area (TPSA) is 84.9 Å². The van der Waals surface area contributed by atoms with Crippen molar-refractivity contribution in [3.05, 3.63) is 24.3 Å². The molecule has 2 amide bonds. The summed E-state index contributed by atoms with van der Waals surface area (Å²) in [6.45, 7) is 7.20. The van der Waals surface area contributed by atoms with Gasteiger partial charge < -0.3 is 14.8 Å². The molecule has 1 unspecified atom stereocenters. The molecule has 7 heteroatoms. The first-order valence-electron chi connectivity index (χ1n) is 8.25. The summed E-state index contributed by atoms with van der Waals surface area (Å²) in [5.41, 5.74) is -0.0373. The number of hydrogen-bond donors (Lipinski definition) is 1. The number of carbonyl (C=O) groups excluding carboxylic acids is 3. The molecule has 0 aliphatic carbocycles. The third-order valence-corrected chi connectivity index (χ3v) is 3.57. The lowest BCUT2D eigenvalue weighted by atomic mass is 10.2. The number of likely N-dealkylation sites (tertiary alicyclic amines) is 1. The third kappa shape index (κ3) is 5.48. The van der Waals surface area contributed by atoms with Gasteiger partial charge in [0.15, 0.2) is 0 Å². The maximum atomic E-state index is 12.5. The summed E-state index contributed by atoms with van der Waals surface area (Å²) in [5, 5.41) is 2.78. The highest BCUT2D eigenvalue weighted by Crippen LogP contribution is 2.23. The van der Waals surface area contributed by atoms with Gasteiger partial charge in [-0.1, -0.05) is 0 Å². The van der Waals surface area contributed by atoms with Crippen LogP contribution in [0.4, 0.5) is 10.5 Å². The van der Waals surface area contributed by atoms with Crippen LogP contribution in [0.1, 0.15) is 40.5 Å². The van der Waals surface area contributed by atoms with Crippen LogP contribution in [0.15, 0.2) is 24.3 Å². The highest BCUT2D eigenvalue weighted by molar-refractivity contribution is 5.96. The summed E-state index contributed by atoms with van der Waals surface area (Å²) in [7, 11) is 0. The molecule has 1 aromatic carbocycles. The fourth-order valence-corrected chi connectivity index (χ4v) is 2.58. The fraction of sp³-hybridized carbons (Fsp3) is 0.500. The highest BCUT2D eigenvalue weighted by Gasteiger charge is 2.36. The summed E-state index contributed by atoms with van der Waals surface area (Å²) in [4.78, 5) is 37.1. The fourth-order valence-electron chi connectivity index (χ4n) is 2.58. The van der Waals surface area contributed by atoms with E-state index in [9.17, 15) is 14.4 Å². The molecule has 1 fully saturated rings. The maximum Gasteiger partial charge on any atom is 0.410 e. The van der Waals surface area contributed by atoms with Crippen molar-refractivity contribution in [1.82, 2.24) is 4.90 Å². The van der Waals surface area contributed by atoms with Gasteiger partial charge in [0, 0.05) is 19.2 Å². The molecule has 25 heavy (non-hydrogen) atoms. The summed E-state index contributed by atoms with van der Waals surface area (Å²) < 4.78 is 10.3. The minimum atomic E-state index is -0.604. The summed E-state index contributed by atoms with van der Waals surface area (Å²) in [6, 6.07) is 5.92. The van der Waals surface area contributed by atoms with E-state index >= 15 is 0 Å². The molecule has 0 bridgehead atoms. The molecule has 2 rings (SSSR count). The number of hydrogen-bond acceptors (Lipinski definition) is 5. The molecule has 1 aliphatic heterocycles. The van der Waals surface area contributed by atoms with Gasteiger partial charge in [-0.05, 0) is 57.9 Å². The van der Waals surface area contributed by atoms with E-state index in [4.69, 9.17) is 9.47 Å². The van der Waals surface area contributed by atoms with Crippen LogP contribution in [0.25, 0.3) is 0 Å². The average molecular weight is 348 g/mol. The zero-order valence-corrected chi connectivity index (χ0v) is 15.0. The molecule has 0 spiro atoms. The Balaban J connectivity index is 1.99. The van der Waals surface area contributed by atoms with E-state index in [2.05, 4.69) is 5.32 Å². The summed E-state index contributed by atoms with van der Waals surface area (Å²) in [6.07, 6.45) is 0.870. The van der Waals surface area contributed by atoms with E-state index in [0.29, 0.717) is 24.4 Å². The van der Waals surface area contributed by atoms with Crippen LogP contribution < -0.4 is 10.1 Å². The number of esters is 1. The Bertz CT molecular complexity index is 648. The van der Waals surface area contributed by atoms with Crippen molar-refractivity contribution in [2.24, 2.45) is 0 Å². The van der Waals surface area contributed by atoms with Gasteiger partial charge in [0.25, 0.3) is 0 Å². The Morgan fingerprint density at radius 2 is 1.80 bits per heavy atom. The Morgan fingerprint density at radius 1 is 1.16 bits per heavy atom. The van der Waals surface area contributed by atoms with Crippen LogP contribution in [-0.2, 0) is 14.3 Å². The number of carbonyl (C=O) groups is 3. The molecule has 1 aliphatic rings. The lowest BCUT2D eigenvalue weighted by Gasteiger charge is -2.28. The van der Waals surface area contributed by atoms with Gasteiger partial charge in [0.2, 0.25) is 5.91 Å². The average Bonchev–Trinajstić information content (AvgIpc) is 2.96. The minimum absolute atomic E-state index is 0.261. The molecule has 1 saturated heterocycles. The number of anilines is 1. The first kappa shape index (κ1) is 18.8. The van der Waals surface area contributed by atoms with Gasteiger partial charge in [-0.25, -0.2) is 4.79 Å². The van der Waals surface area contributed by atoms with Crippen molar-refractivity contribution in [3.63, 3.8) is 0 Å². The van der Waals surface area contributed by atoms with E-state index in [-0.39, 0.29) is 5.91 Å². The number of nitrogens with zero attached hydrogens (tertiary/aromatic N) is 1. The SMILES string of the molecule is CC(=O)Oc1ccc(NC(=O)C2CCCN2C(=O)OC(C)(C)C)cc1. The van der Waals surface area contributed by atoms with Crippen molar-refractivity contribution in [3.8, 4) is 5.75 Å². The Kier molecular flexibility index (Phi) is 5.66. The first-order valence-corrected chi connectivity index (χ1v) is 8.25. The lowest BCUT2D eigenvalue weighted by molar-refractivity contribution is -0.131. The van der Waals surface area contributed by atoms with E-state index in [1.165, 1.54) is 11.8 Å². The molecular formula is C18H24N2O5. The van der Waals surface area contributed by atoms with Gasteiger partial charge in [-0.15, -0.1) is 0 Å². The molecule has 1 heterocycles. The third-order valence-electron chi connectivity index (χ3n) is 3.57. The normalized spacial score (nSPS) is 17.1. The second-order valence-electron chi connectivity index (χ2n) is 6.94. The van der Waals surface area contributed by atoms with E-state index in [0.717, 1.165) is 6.42 Å². The molecule has 1 atom stereocenters. The van der Waals surface area contributed by atoms with Crippen LogP contribution in [0, 0.1) is 0 Å². The standard InChI is InChI=1S/C18H24N2O5/c1-12(21)24-14-9-7-13(8-10-14)19-16(22)15-6-5-11-20(15)17(23)25-18(2,3)4/h7-10,15H,5-6,11H2,1-4H3,(H,19,22). The second kappa shape index (κ2) is 7.55. The molecule has 1 N–H and O–H groups in total. The van der Waals surface area contributed by atoms with Crippen LogP contribution in [0.3, 0.4) is 0 Å². The highest BCUT2D eigenvalue weighted by atomic mass is 16.6. The predicted molar refractivity (Wildman–Crippen MR) is 92.3 cm³/mol. The van der Waals surface area contributed by atoms with Gasteiger partial charge in [0.1, 0.15) is 17.4 Å². The largest absolute Gasteiger partial charge is 0.444 e. The quantitative estimate of drug-likeness (QED) is 0.670. The number of rotatable bonds is 3.